The summed E-state index contributed by atoms with van der Waals surface area (Å²) in [5.41, 5.74) is 1.59. The number of hydrogen-bond acceptors (Lipinski definition) is 6. The Bertz CT molecular complexity index is 594. The zero-order valence-electron chi connectivity index (χ0n) is 11.5. The molecule has 0 heterocycles. The van der Waals surface area contributed by atoms with Crippen LogP contribution in [-0.2, 0) is 0 Å². The molecule has 0 aliphatic heterocycles. The van der Waals surface area contributed by atoms with Gasteiger partial charge in [0.2, 0.25) is 0 Å². The molecule has 8 heteroatoms. The van der Waals surface area contributed by atoms with Crippen molar-refractivity contribution >= 4 is 40.1 Å². The summed E-state index contributed by atoms with van der Waals surface area (Å²) in [7, 11) is -8.52. The van der Waals surface area contributed by atoms with Crippen LogP contribution < -0.4 is 10.4 Å². The van der Waals surface area contributed by atoms with Crippen molar-refractivity contribution in [2.24, 2.45) is 0 Å². The molecule has 2 aromatic carbocycles. The maximum absolute atomic E-state index is 9.15. The number of benzene rings is 2. The molecule has 0 aliphatic rings. The van der Waals surface area contributed by atoms with Gasteiger partial charge < -0.3 is 28.8 Å². The van der Waals surface area contributed by atoms with E-state index in [9.17, 15) is 0 Å². The van der Waals surface area contributed by atoms with Crippen molar-refractivity contribution in [3.63, 3.8) is 0 Å². The van der Waals surface area contributed by atoms with E-state index in [1.54, 1.807) is 36.4 Å². The highest BCUT2D eigenvalue weighted by molar-refractivity contribution is 6.72. The molecule has 0 aromatic heterocycles. The monoisotopic (exact) mass is 336 g/mol. The average molecular weight is 336 g/mol. The Labute approximate surface area is 129 Å². The van der Waals surface area contributed by atoms with Gasteiger partial charge in [-0.1, -0.05) is 60.7 Å². The zero-order chi connectivity index (χ0) is 16.4. The standard InChI is InChI=1S/C14H16O6Si2/c15-21(16,17)13-7-3-11(4-8-13)1-2-12-5-9-14(10-6-12)22(18,19)20/h1-10,15-20H/b2-1+. The molecule has 116 valence electrons. The minimum atomic E-state index is -4.26. The molecule has 6 nitrogen and oxygen atoms in total. The third kappa shape index (κ3) is 4.43. The minimum Gasteiger partial charge on any atom is -0.386 e. The highest BCUT2D eigenvalue weighted by Crippen LogP contribution is 2.08. The third-order valence-corrected chi connectivity index (χ3v) is 5.28. The number of hydrogen-bond donors (Lipinski definition) is 6. The van der Waals surface area contributed by atoms with Crippen LogP contribution >= 0.6 is 0 Å². The Morgan fingerprint density at radius 1 is 0.500 bits per heavy atom. The lowest BCUT2D eigenvalue weighted by molar-refractivity contribution is 0.248. The molecule has 0 atom stereocenters. The maximum atomic E-state index is 9.15. The van der Waals surface area contributed by atoms with Gasteiger partial charge in [0.15, 0.2) is 0 Å². The molecular formula is C14H16O6Si2. The van der Waals surface area contributed by atoms with Crippen molar-refractivity contribution in [1.29, 1.82) is 0 Å². The molecule has 0 unspecified atom stereocenters. The Kier molecular flexibility index (Phi) is 4.75. The van der Waals surface area contributed by atoms with Crippen LogP contribution in [0.25, 0.3) is 12.2 Å². The summed E-state index contributed by atoms with van der Waals surface area (Å²) in [6.07, 6.45) is 3.55. The van der Waals surface area contributed by atoms with E-state index >= 15 is 0 Å². The molecule has 0 bridgehead atoms. The van der Waals surface area contributed by atoms with Crippen molar-refractivity contribution in [3.8, 4) is 0 Å². The first kappa shape index (κ1) is 16.7. The van der Waals surface area contributed by atoms with Gasteiger partial charge in [-0.15, -0.1) is 0 Å². The van der Waals surface area contributed by atoms with Crippen molar-refractivity contribution in [2.45, 2.75) is 0 Å². The van der Waals surface area contributed by atoms with E-state index in [-0.39, 0.29) is 10.4 Å². The van der Waals surface area contributed by atoms with Gasteiger partial charge in [-0.3, -0.25) is 0 Å². The smallest absolute Gasteiger partial charge is 0.386 e. The normalized spacial score (nSPS) is 12.8. The second-order valence-electron chi connectivity index (χ2n) is 4.85. The summed E-state index contributed by atoms with van der Waals surface area (Å²) in [5.74, 6) is 0. The summed E-state index contributed by atoms with van der Waals surface area (Å²) >= 11 is 0. The van der Waals surface area contributed by atoms with Crippen molar-refractivity contribution in [1.82, 2.24) is 0 Å². The third-order valence-electron chi connectivity index (χ3n) is 3.06. The molecule has 0 aliphatic carbocycles. The maximum Gasteiger partial charge on any atom is 0.528 e. The molecule has 2 aromatic rings. The quantitative estimate of drug-likeness (QED) is 0.287. The molecule has 22 heavy (non-hydrogen) atoms. The Morgan fingerprint density at radius 2 is 0.773 bits per heavy atom. The van der Waals surface area contributed by atoms with E-state index in [2.05, 4.69) is 0 Å². The highest BCUT2D eigenvalue weighted by atomic mass is 28.4. The van der Waals surface area contributed by atoms with Gasteiger partial charge in [0.05, 0.1) is 0 Å². The summed E-state index contributed by atoms with van der Waals surface area (Å²) < 4.78 is 0. The van der Waals surface area contributed by atoms with E-state index in [0.29, 0.717) is 0 Å². The van der Waals surface area contributed by atoms with E-state index in [4.69, 9.17) is 28.8 Å². The topological polar surface area (TPSA) is 121 Å². The Morgan fingerprint density at radius 3 is 1.00 bits per heavy atom. The average Bonchev–Trinajstić information content (AvgIpc) is 2.44. The minimum absolute atomic E-state index is 0.101. The van der Waals surface area contributed by atoms with Crippen LogP contribution in [0, 0.1) is 0 Å². The van der Waals surface area contributed by atoms with Crippen LogP contribution in [0.5, 0.6) is 0 Å². The fourth-order valence-electron chi connectivity index (χ4n) is 1.83. The van der Waals surface area contributed by atoms with Gasteiger partial charge in [0, 0.05) is 10.4 Å². The van der Waals surface area contributed by atoms with Gasteiger partial charge in [-0.05, 0) is 11.1 Å². The molecule has 0 saturated carbocycles. The summed E-state index contributed by atoms with van der Waals surface area (Å²) in [6, 6.07) is 12.3. The zero-order valence-corrected chi connectivity index (χ0v) is 13.5. The van der Waals surface area contributed by atoms with Gasteiger partial charge in [-0.2, -0.15) is 0 Å². The van der Waals surface area contributed by atoms with Gasteiger partial charge in [0.1, 0.15) is 0 Å². The van der Waals surface area contributed by atoms with Crippen LogP contribution in [0.15, 0.2) is 48.5 Å². The SMILES string of the molecule is O[Si](O)(O)c1ccc(/C=C/c2ccc([Si](O)(O)O)cc2)cc1. The van der Waals surface area contributed by atoms with Crippen molar-refractivity contribution < 1.29 is 28.8 Å². The predicted molar refractivity (Wildman–Crippen MR) is 85.9 cm³/mol. The lowest BCUT2D eigenvalue weighted by atomic mass is 10.1. The molecular weight excluding hydrogens is 320 g/mol. The van der Waals surface area contributed by atoms with Gasteiger partial charge in [-0.25, -0.2) is 0 Å². The van der Waals surface area contributed by atoms with Crippen molar-refractivity contribution in [2.75, 3.05) is 0 Å². The number of rotatable bonds is 4. The summed E-state index contributed by atoms with van der Waals surface area (Å²) in [4.78, 5) is 54.9. The van der Waals surface area contributed by atoms with E-state index in [1.807, 2.05) is 0 Å². The van der Waals surface area contributed by atoms with Gasteiger partial charge >= 0.3 is 17.6 Å². The van der Waals surface area contributed by atoms with E-state index < -0.39 is 17.6 Å². The first-order valence-corrected chi connectivity index (χ1v) is 10.1. The largest absolute Gasteiger partial charge is 0.528 e. The second kappa shape index (κ2) is 6.24. The van der Waals surface area contributed by atoms with E-state index in [1.165, 1.54) is 24.3 Å². The molecule has 6 N–H and O–H groups in total. The van der Waals surface area contributed by atoms with Crippen LogP contribution in [0.3, 0.4) is 0 Å². The lowest BCUT2D eigenvalue weighted by Crippen LogP contribution is -2.48. The fourth-order valence-corrected chi connectivity index (χ4v) is 3.06. The van der Waals surface area contributed by atoms with E-state index in [0.717, 1.165) is 11.1 Å². The predicted octanol–water partition coefficient (Wildman–Crippen LogP) is -1.90. The second-order valence-corrected chi connectivity index (χ2v) is 8.54. The molecule has 0 spiro atoms. The molecule has 0 radical (unpaired) electrons. The Balaban J connectivity index is 2.12. The van der Waals surface area contributed by atoms with Crippen LogP contribution in [0.2, 0.25) is 0 Å². The highest BCUT2D eigenvalue weighted by Gasteiger charge is 2.30. The van der Waals surface area contributed by atoms with Crippen LogP contribution in [-0.4, -0.2) is 46.4 Å². The lowest BCUT2D eigenvalue weighted by Gasteiger charge is -2.09. The molecule has 0 fully saturated rings. The van der Waals surface area contributed by atoms with Crippen LogP contribution in [0.1, 0.15) is 11.1 Å². The summed E-state index contributed by atoms with van der Waals surface area (Å²) in [6.45, 7) is 0. The first-order valence-electron chi connectivity index (χ1n) is 6.40. The summed E-state index contributed by atoms with van der Waals surface area (Å²) in [5, 5.41) is 0.202. The van der Waals surface area contributed by atoms with Gasteiger partial charge in [0.25, 0.3) is 0 Å². The fraction of sp³-hybridized carbons (Fsp3) is 0. The molecule has 2 rings (SSSR count). The molecule has 0 amide bonds. The first-order chi connectivity index (χ1) is 10.2. The van der Waals surface area contributed by atoms with Crippen molar-refractivity contribution in [3.05, 3.63) is 59.7 Å². The van der Waals surface area contributed by atoms with Crippen LogP contribution in [0.4, 0.5) is 0 Å². The Hall–Kier alpha value is -1.63. The molecule has 0 saturated heterocycles.